The summed E-state index contributed by atoms with van der Waals surface area (Å²) in [5.41, 5.74) is 6.12. The zero-order valence-electron chi connectivity index (χ0n) is 7.19. The molecule has 13 heavy (non-hydrogen) atoms. The first-order chi connectivity index (χ1) is 6.09. The fraction of sp³-hybridized carbons (Fsp3) is 0.400. The summed E-state index contributed by atoms with van der Waals surface area (Å²) in [4.78, 5) is 0. The van der Waals surface area contributed by atoms with Gasteiger partial charge in [0.15, 0.2) is 0 Å². The second-order valence-electron chi connectivity index (χ2n) is 3.77. The third-order valence-corrected chi connectivity index (χ3v) is 2.45. The van der Waals surface area contributed by atoms with Gasteiger partial charge in [0.2, 0.25) is 0 Å². The van der Waals surface area contributed by atoms with Crippen LogP contribution in [0.25, 0.3) is 0 Å². The van der Waals surface area contributed by atoms with Gasteiger partial charge < -0.3 is 5.73 Å². The molecule has 0 radical (unpaired) electrons. The molecule has 2 rings (SSSR count). The largest absolute Gasteiger partial charge is 0.325 e. The van der Waals surface area contributed by atoms with Crippen molar-refractivity contribution in [3.05, 3.63) is 35.4 Å². The molecule has 0 aliphatic heterocycles. The van der Waals surface area contributed by atoms with Gasteiger partial charge in [0, 0.05) is 11.6 Å². The highest BCUT2D eigenvalue weighted by atomic mass is 19.1. The first-order valence-electron chi connectivity index (χ1n) is 4.32. The minimum absolute atomic E-state index is 0.224. The highest BCUT2D eigenvalue weighted by Gasteiger charge is 2.38. The van der Waals surface area contributed by atoms with Crippen molar-refractivity contribution in [2.45, 2.75) is 24.8 Å². The molecule has 0 spiro atoms. The van der Waals surface area contributed by atoms with Gasteiger partial charge in [0.25, 0.3) is 0 Å². The Hall–Kier alpha value is -0.960. The van der Waals surface area contributed by atoms with Crippen molar-refractivity contribution >= 4 is 0 Å². The molecule has 0 aromatic heterocycles. The van der Waals surface area contributed by atoms with E-state index in [1.54, 1.807) is 0 Å². The van der Waals surface area contributed by atoms with Crippen molar-refractivity contribution in [2.75, 3.05) is 0 Å². The van der Waals surface area contributed by atoms with Crippen LogP contribution in [0.5, 0.6) is 0 Å². The summed E-state index contributed by atoms with van der Waals surface area (Å²) >= 11 is 0. The maximum Gasteiger partial charge on any atom is 0.129 e. The molecule has 0 heterocycles. The molecule has 1 aromatic rings. The van der Waals surface area contributed by atoms with E-state index in [4.69, 9.17) is 5.73 Å². The molecule has 70 valence electrons. The quantitative estimate of drug-likeness (QED) is 0.745. The molecule has 1 nitrogen and oxygen atoms in total. The average molecular weight is 183 g/mol. The Kier molecular flexibility index (Phi) is 1.84. The van der Waals surface area contributed by atoms with Crippen LogP contribution in [0.15, 0.2) is 18.2 Å². The van der Waals surface area contributed by atoms with Gasteiger partial charge in [-0.1, -0.05) is 6.07 Å². The summed E-state index contributed by atoms with van der Waals surface area (Å²) in [5, 5.41) is 0. The molecule has 0 saturated heterocycles. The molecule has 0 atom stereocenters. The summed E-state index contributed by atoms with van der Waals surface area (Å²) in [6.07, 6.45) is 2.38. The highest BCUT2D eigenvalue weighted by molar-refractivity contribution is 5.23. The molecule has 1 saturated carbocycles. The van der Waals surface area contributed by atoms with Gasteiger partial charge in [0.1, 0.15) is 11.6 Å². The lowest BCUT2D eigenvalue weighted by Crippen LogP contribution is -2.25. The van der Waals surface area contributed by atoms with E-state index >= 15 is 0 Å². The van der Waals surface area contributed by atoms with Crippen molar-refractivity contribution < 1.29 is 8.78 Å². The Labute approximate surface area is 75.6 Å². The third-order valence-electron chi connectivity index (χ3n) is 2.45. The van der Waals surface area contributed by atoms with Crippen molar-refractivity contribution in [1.29, 1.82) is 0 Å². The van der Waals surface area contributed by atoms with E-state index in [9.17, 15) is 8.78 Å². The SMILES string of the molecule is NC1(Cc2ccc(F)cc2F)CC1. The summed E-state index contributed by atoms with van der Waals surface area (Å²) in [6, 6.07) is 3.64. The van der Waals surface area contributed by atoms with Crippen LogP contribution >= 0.6 is 0 Å². The summed E-state index contributed by atoms with van der Waals surface area (Å²) in [5.74, 6) is -1.03. The second-order valence-corrected chi connectivity index (χ2v) is 3.77. The molecule has 0 bridgehead atoms. The number of nitrogens with two attached hydrogens (primary N) is 1. The van der Waals surface area contributed by atoms with Gasteiger partial charge in [-0.2, -0.15) is 0 Å². The zero-order valence-corrected chi connectivity index (χ0v) is 7.19. The van der Waals surface area contributed by atoms with Crippen LogP contribution in [0.4, 0.5) is 8.78 Å². The molecular weight excluding hydrogens is 172 g/mol. The van der Waals surface area contributed by atoms with Crippen LogP contribution in [0, 0.1) is 11.6 Å². The van der Waals surface area contributed by atoms with Crippen molar-refractivity contribution in [3.8, 4) is 0 Å². The molecule has 1 aliphatic rings. The zero-order chi connectivity index (χ0) is 9.47. The first-order valence-corrected chi connectivity index (χ1v) is 4.32. The topological polar surface area (TPSA) is 26.0 Å². The van der Waals surface area contributed by atoms with E-state index in [2.05, 4.69) is 0 Å². The van der Waals surface area contributed by atoms with Gasteiger partial charge >= 0.3 is 0 Å². The Morgan fingerprint density at radius 3 is 2.54 bits per heavy atom. The highest BCUT2D eigenvalue weighted by Crippen LogP contribution is 2.36. The first kappa shape index (κ1) is 8.63. The fourth-order valence-electron chi connectivity index (χ4n) is 1.38. The summed E-state index contributed by atoms with van der Waals surface area (Å²) < 4.78 is 25.6. The Morgan fingerprint density at radius 2 is 2.00 bits per heavy atom. The minimum Gasteiger partial charge on any atom is -0.325 e. The van der Waals surface area contributed by atoms with Crippen LogP contribution in [0.3, 0.4) is 0 Å². The molecule has 1 fully saturated rings. The molecule has 3 heteroatoms. The van der Waals surface area contributed by atoms with Crippen LogP contribution in [-0.2, 0) is 6.42 Å². The molecular formula is C10H11F2N. The number of benzene rings is 1. The van der Waals surface area contributed by atoms with Crippen LogP contribution < -0.4 is 5.73 Å². The van der Waals surface area contributed by atoms with Crippen LogP contribution in [0.1, 0.15) is 18.4 Å². The average Bonchev–Trinajstić information content (AvgIpc) is 2.75. The number of rotatable bonds is 2. The third kappa shape index (κ3) is 1.86. The molecule has 1 aliphatic carbocycles. The smallest absolute Gasteiger partial charge is 0.129 e. The van der Waals surface area contributed by atoms with Gasteiger partial charge in [0.05, 0.1) is 0 Å². The fourth-order valence-corrected chi connectivity index (χ4v) is 1.38. The molecule has 0 unspecified atom stereocenters. The van der Waals surface area contributed by atoms with Gasteiger partial charge in [-0.15, -0.1) is 0 Å². The van der Waals surface area contributed by atoms with E-state index in [0.717, 1.165) is 18.9 Å². The normalized spacial score (nSPS) is 18.7. The van der Waals surface area contributed by atoms with Crippen molar-refractivity contribution in [3.63, 3.8) is 0 Å². The van der Waals surface area contributed by atoms with Crippen LogP contribution in [-0.4, -0.2) is 5.54 Å². The minimum atomic E-state index is -0.539. The Morgan fingerprint density at radius 1 is 1.31 bits per heavy atom. The van der Waals surface area contributed by atoms with Crippen molar-refractivity contribution in [1.82, 2.24) is 0 Å². The van der Waals surface area contributed by atoms with Gasteiger partial charge in [-0.3, -0.25) is 0 Å². The van der Waals surface area contributed by atoms with Crippen molar-refractivity contribution in [2.24, 2.45) is 5.73 Å². The maximum atomic E-state index is 13.1. The predicted octanol–water partition coefficient (Wildman–Crippen LogP) is 2.00. The van der Waals surface area contributed by atoms with E-state index in [1.165, 1.54) is 12.1 Å². The van der Waals surface area contributed by atoms with E-state index < -0.39 is 11.6 Å². The van der Waals surface area contributed by atoms with E-state index in [0.29, 0.717) is 12.0 Å². The maximum absolute atomic E-state index is 13.1. The molecule has 2 N–H and O–H groups in total. The lowest BCUT2D eigenvalue weighted by atomic mass is 10.0. The molecule has 1 aromatic carbocycles. The second kappa shape index (κ2) is 2.77. The Bertz CT molecular complexity index is 332. The predicted molar refractivity (Wildman–Crippen MR) is 46.2 cm³/mol. The monoisotopic (exact) mass is 183 g/mol. The van der Waals surface area contributed by atoms with Crippen LogP contribution in [0.2, 0.25) is 0 Å². The lowest BCUT2D eigenvalue weighted by molar-refractivity contribution is 0.557. The standard InChI is InChI=1S/C10H11F2N/c11-8-2-1-7(9(12)5-8)6-10(13)3-4-10/h1-2,5H,3-4,6,13H2. The summed E-state index contributed by atoms with van der Waals surface area (Å²) in [7, 11) is 0. The summed E-state index contributed by atoms with van der Waals surface area (Å²) in [6.45, 7) is 0. The number of halogens is 2. The van der Waals surface area contributed by atoms with Gasteiger partial charge in [-0.25, -0.2) is 8.78 Å². The molecule has 0 amide bonds. The lowest BCUT2D eigenvalue weighted by Gasteiger charge is -2.08. The number of hydrogen-bond acceptors (Lipinski definition) is 1. The van der Waals surface area contributed by atoms with E-state index in [-0.39, 0.29) is 5.54 Å². The van der Waals surface area contributed by atoms with Gasteiger partial charge in [-0.05, 0) is 30.9 Å². The van der Waals surface area contributed by atoms with E-state index in [1.807, 2.05) is 0 Å². The Balaban J connectivity index is 2.20. The number of hydrogen-bond donors (Lipinski definition) is 1.